The molecule has 1 saturated heterocycles. The number of nitrogens with zero attached hydrogens (tertiary/aromatic N) is 6. The number of amides is 1. The van der Waals surface area contributed by atoms with E-state index >= 15 is 8.42 Å². The smallest absolute Gasteiger partial charge is 0.248 e. The Morgan fingerprint density at radius 1 is 0.782 bits per heavy atom. The van der Waals surface area contributed by atoms with Crippen molar-refractivity contribution in [1.82, 2.24) is 29.4 Å². The molecule has 1 fully saturated rings. The molecule has 4 aromatic carbocycles. The summed E-state index contributed by atoms with van der Waals surface area (Å²) >= 11 is 1.98. The van der Waals surface area contributed by atoms with E-state index in [9.17, 15) is 13.2 Å². The summed E-state index contributed by atoms with van der Waals surface area (Å²) < 4.78 is 84.0. The van der Waals surface area contributed by atoms with E-state index in [0.717, 1.165) is 5.56 Å². The Morgan fingerprint density at radius 2 is 1.33 bits per heavy atom. The summed E-state index contributed by atoms with van der Waals surface area (Å²) in [5, 5.41) is 12.4. The second-order valence-corrected chi connectivity index (χ2v) is 17.6. The Balaban J connectivity index is 1.52. The molecular formula is C37H39IN6O9S2. The predicted molar refractivity (Wildman–Crippen MR) is 210 cm³/mol. The van der Waals surface area contributed by atoms with Crippen LogP contribution in [0.1, 0.15) is 16.7 Å². The molecule has 6 rings (SSSR count). The van der Waals surface area contributed by atoms with Gasteiger partial charge < -0.3 is 23.8 Å². The van der Waals surface area contributed by atoms with Gasteiger partial charge in [0.1, 0.15) is 28.8 Å². The molecule has 18 heteroatoms. The maximum atomic E-state index is 15.5. The van der Waals surface area contributed by atoms with Crippen molar-refractivity contribution in [2.45, 2.75) is 29.4 Å². The molecule has 2 heterocycles. The highest BCUT2D eigenvalue weighted by atomic mass is 127. The highest BCUT2D eigenvalue weighted by molar-refractivity contribution is 14.1. The van der Waals surface area contributed by atoms with Crippen molar-refractivity contribution < 1.29 is 40.6 Å². The Labute approximate surface area is 333 Å². The molecule has 290 valence electrons. The van der Waals surface area contributed by atoms with Gasteiger partial charge in [-0.1, -0.05) is 36.4 Å². The van der Waals surface area contributed by atoms with Crippen molar-refractivity contribution in [3.63, 3.8) is 0 Å². The number of morpholine rings is 1. The lowest BCUT2D eigenvalue weighted by molar-refractivity contribution is -0.142. The highest BCUT2D eigenvalue weighted by Crippen LogP contribution is 2.39. The molecule has 0 unspecified atom stereocenters. The van der Waals surface area contributed by atoms with Gasteiger partial charge in [0.2, 0.25) is 15.9 Å². The average molecular weight is 903 g/mol. The molecule has 0 radical (unpaired) electrons. The molecule has 0 bridgehead atoms. The fraction of sp³-hybridized carbons (Fsp3) is 0.297. The quantitative estimate of drug-likeness (QED) is 0.130. The zero-order chi connectivity index (χ0) is 39.2. The SMILES string of the molecule is COc1ccc(CN(Cc2ccc(OC)cc2)S(=O)(=O)c2c(S(=O)(=O)CCN3CCOCC3=O)ccc(I)c2-c2nnnn2Cc2ccc(OC)cc2)cc1. The zero-order valence-corrected chi connectivity index (χ0v) is 34.1. The number of hydrogen-bond donors (Lipinski definition) is 0. The van der Waals surface area contributed by atoms with Crippen molar-refractivity contribution in [2.24, 2.45) is 0 Å². The third-order valence-corrected chi connectivity index (χ3v) is 13.6. The van der Waals surface area contributed by atoms with Crippen molar-refractivity contribution in [3.05, 3.63) is 105 Å². The molecule has 1 aromatic heterocycles. The van der Waals surface area contributed by atoms with E-state index in [1.807, 2.05) is 34.7 Å². The monoisotopic (exact) mass is 902 g/mol. The standard InChI is InChI=1S/C37H39IN6O9S2/c1-50-29-10-4-26(5-11-29)22-43(23-27-6-12-30(51-2)13-7-27)55(48,49)36-33(54(46,47)21-19-42-18-20-53-25-34(42)45)17-16-32(38)35(36)37-39-40-41-44(37)24-28-8-14-31(52-3)15-9-28/h4-17H,18-25H2,1-3H3. The van der Waals surface area contributed by atoms with Crippen LogP contribution in [0.2, 0.25) is 0 Å². The van der Waals surface area contributed by atoms with Gasteiger partial charge in [-0.25, -0.2) is 21.5 Å². The van der Waals surface area contributed by atoms with Crippen LogP contribution in [0.15, 0.2) is 94.7 Å². The van der Waals surface area contributed by atoms with Crippen LogP contribution < -0.4 is 14.2 Å². The first-order valence-corrected chi connectivity index (χ1v) is 21.2. The number of rotatable bonds is 16. The molecule has 1 amide bonds. The second kappa shape index (κ2) is 17.4. The number of sulfonamides is 1. The van der Waals surface area contributed by atoms with Crippen LogP contribution in [0.3, 0.4) is 0 Å². The summed E-state index contributed by atoms with van der Waals surface area (Å²) in [5.74, 6) is 0.991. The van der Waals surface area contributed by atoms with Crippen LogP contribution >= 0.6 is 22.6 Å². The number of halogens is 1. The molecule has 5 aromatic rings. The summed E-state index contributed by atoms with van der Waals surface area (Å²) in [6, 6.07) is 23.9. The summed E-state index contributed by atoms with van der Waals surface area (Å²) in [4.78, 5) is 13.0. The molecule has 0 N–H and O–H groups in total. The van der Waals surface area contributed by atoms with E-state index < -0.39 is 35.4 Å². The van der Waals surface area contributed by atoms with Gasteiger partial charge in [-0.2, -0.15) is 4.31 Å². The number of benzene rings is 4. The third kappa shape index (κ3) is 9.26. The second-order valence-electron chi connectivity index (χ2n) is 12.5. The minimum atomic E-state index is -4.71. The number of carbonyl (C=O) groups is 1. The van der Waals surface area contributed by atoms with Gasteiger partial charge >= 0.3 is 0 Å². The molecule has 55 heavy (non-hydrogen) atoms. The lowest BCUT2D eigenvalue weighted by Crippen LogP contribution is -2.43. The first-order valence-electron chi connectivity index (χ1n) is 17.0. The predicted octanol–water partition coefficient (Wildman–Crippen LogP) is 4.04. The van der Waals surface area contributed by atoms with Crippen molar-refractivity contribution in [1.29, 1.82) is 0 Å². The average Bonchev–Trinajstić information content (AvgIpc) is 3.65. The van der Waals surface area contributed by atoms with E-state index in [4.69, 9.17) is 18.9 Å². The summed E-state index contributed by atoms with van der Waals surface area (Å²) in [5.41, 5.74) is 2.07. The van der Waals surface area contributed by atoms with Crippen LogP contribution in [0.4, 0.5) is 0 Å². The zero-order valence-electron chi connectivity index (χ0n) is 30.3. The number of methoxy groups -OCH3 is 3. The van der Waals surface area contributed by atoms with Crippen molar-refractivity contribution >= 4 is 48.4 Å². The lowest BCUT2D eigenvalue weighted by atomic mass is 10.2. The number of carbonyl (C=O) groups excluding carboxylic acids is 1. The van der Waals surface area contributed by atoms with Crippen LogP contribution in [-0.4, -0.2) is 106 Å². The van der Waals surface area contributed by atoms with Gasteiger partial charge in [0.15, 0.2) is 15.7 Å². The van der Waals surface area contributed by atoms with Gasteiger partial charge in [0.05, 0.1) is 50.7 Å². The summed E-state index contributed by atoms with van der Waals surface area (Å²) in [7, 11) is -4.46. The van der Waals surface area contributed by atoms with Crippen molar-refractivity contribution in [2.75, 3.05) is 53.4 Å². The minimum Gasteiger partial charge on any atom is -0.497 e. The number of tetrazole rings is 1. The van der Waals surface area contributed by atoms with E-state index in [0.29, 0.717) is 31.9 Å². The number of sulfone groups is 1. The Hall–Kier alpha value is -4.63. The lowest BCUT2D eigenvalue weighted by Gasteiger charge is -2.28. The molecule has 0 atom stereocenters. The number of aromatic nitrogens is 4. The van der Waals surface area contributed by atoms with Crippen LogP contribution in [-0.2, 0) is 49.0 Å². The van der Waals surface area contributed by atoms with E-state index in [-0.39, 0.29) is 63.2 Å². The minimum absolute atomic E-state index is 0.0251. The normalized spacial score (nSPS) is 13.6. The van der Waals surface area contributed by atoms with E-state index in [1.165, 1.54) is 40.2 Å². The van der Waals surface area contributed by atoms with Crippen LogP contribution in [0, 0.1) is 3.57 Å². The maximum Gasteiger partial charge on any atom is 0.248 e. The molecular weight excluding hydrogens is 863 g/mol. The van der Waals surface area contributed by atoms with Gasteiger partial charge in [0, 0.05) is 29.7 Å². The number of ether oxygens (including phenoxy) is 4. The molecule has 1 aliphatic heterocycles. The third-order valence-electron chi connectivity index (χ3n) is 9.00. The summed E-state index contributed by atoms with van der Waals surface area (Å²) in [6.45, 7) is 0.0671. The van der Waals surface area contributed by atoms with E-state index in [1.54, 1.807) is 67.8 Å². The molecule has 0 spiro atoms. The first-order chi connectivity index (χ1) is 26.4. The highest BCUT2D eigenvalue weighted by Gasteiger charge is 2.38. The van der Waals surface area contributed by atoms with Gasteiger partial charge in [-0.3, -0.25) is 4.79 Å². The van der Waals surface area contributed by atoms with Crippen molar-refractivity contribution in [3.8, 4) is 28.6 Å². The van der Waals surface area contributed by atoms with Crippen LogP contribution in [0.5, 0.6) is 17.2 Å². The topological polar surface area (TPSA) is 172 Å². The van der Waals surface area contributed by atoms with Gasteiger partial charge in [-0.15, -0.1) is 5.10 Å². The fourth-order valence-corrected chi connectivity index (χ4v) is 10.6. The van der Waals surface area contributed by atoms with Crippen LogP contribution in [0.25, 0.3) is 11.4 Å². The Kier molecular flexibility index (Phi) is 12.7. The first kappa shape index (κ1) is 40.0. The Morgan fingerprint density at radius 3 is 1.85 bits per heavy atom. The fourth-order valence-electron chi connectivity index (χ4n) is 5.99. The number of hydrogen-bond acceptors (Lipinski definition) is 12. The molecule has 0 aliphatic carbocycles. The molecule has 1 aliphatic rings. The summed E-state index contributed by atoms with van der Waals surface area (Å²) in [6.07, 6.45) is 0. The van der Waals surface area contributed by atoms with Gasteiger partial charge in [-0.05, 0) is 98.2 Å². The largest absolute Gasteiger partial charge is 0.497 e. The van der Waals surface area contributed by atoms with Gasteiger partial charge in [0.25, 0.3) is 0 Å². The van der Waals surface area contributed by atoms with E-state index in [2.05, 4.69) is 15.5 Å². The maximum absolute atomic E-state index is 15.5. The molecule has 0 saturated carbocycles. The Bertz CT molecular complexity index is 2290. The molecule has 15 nitrogen and oxygen atoms in total.